The van der Waals surface area contributed by atoms with E-state index in [1.165, 1.54) is 17.7 Å². The van der Waals surface area contributed by atoms with Crippen molar-refractivity contribution in [1.82, 2.24) is 15.5 Å². The van der Waals surface area contributed by atoms with Crippen LogP contribution in [0.4, 0.5) is 0 Å². The lowest BCUT2D eigenvalue weighted by Crippen LogP contribution is -2.37. The molecular formula is C20H24BrN3O2S. The molecule has 1 aliphatic heterocycles. The third-order valence-corrected chi connectivity index (χ3v) is 6.19. The van der Waals surface area contributed by atoms with E-state index in [1.807, 2.05) is 12.1 Å². The van der Waals surface area contributed by atoms with Crippen molar-refractivity contribution < 1.29 is 9.59 Å². The normalized spacial score (nSPS) is 15.4. The second-order valence-electron chi connectivity index (χ2n) is 6.59. The summed E-state index contributed by atoms with van der Waals surface area (Å²) in [6.07, 6.45) is 2.72. The second kappa shape index (κ2) is 10.0. The van der Waals surface area contributed by atoms with Crippen molar-refractivity contribution in [3.63, 3.8) is 0 Å². The third kappa shape index (κ3) is 5.89. The molecule has 5 nitrogen and oxygen atoms in total. The minimum Gasteiger partial charge on any atom is -0.354 e. The number of hydrogen-bond donors (Lipinski definition) is 2. The van der Waals surface area contributed by atoms with Crippen LogP contribution >= 0.6 is 27.3 Å². The standard InChI is InChI=1S/C20H24BrN3O2S/c21-16-7-5-15(6-8-16)20(26)22-10-9-19(25)23-14-17(18-4-3-13-27-18)24-11-1-2-12-24/h3-8,13,17H,1-2,9-12,14H2,(H,22,26)(H,23,25)/t17-/m1/s1. The van der Waals surface area contributed by atoms with Gasteiger partial charge in [-0.2, -0.15) is 0 Å². The van der Waals surface area contributed by atoms with E-state index in [0.29, 0.717) is 18.7 Å². The Morgan fingerprint density at radius 3 is 2.52 bits per heavy atom. The minimum absolute atomic E-state index is 0.0353. The van der Waals surface area contributed by atoms with E-state index >= 15 is 0 Å². The molecule has 144 valence electrons. The first-order chi connectivity index (χ1) is 13.1. The third-order valence-electron chi connectivity index (χ3n) is 4.69. The second-order valence-corrected chi connectivity index (χ2v) is 8.49. The average Bonchev–Trinajstić information content (AvgIpc) is 3.37. The summed E-state index contributed by atoms with van der Waals surface area (Å²) in [5.74, 6) is -0.198. The maximum Gasteiger partial charge on any atom is 0.251 e. The van der Waals surface area contributed by atoms with Crippen LogP contribution in [0.25, 0.3) is 0 Å². The lowest BCUT2D eigenvalue weighted by Gasteiger charge is -2.26. The molecule has 27 heavy (non-hydrogen) atoms. The topological polar surface area (TPSA) is 61.4 Å². The molecule has 0 radical (unpaired) electrons. The summed E-state index contributed by atoms with van der Waals surface area (Å²) in [4.78, 5) is 28.0. The van der Waals surface area contributed by atoms with Gasteiger partial charge in [-0.3, -0.25) is 14.5 Å². The summed E-state index contributed by atoms with van der Waals surface area (Å²) in [5.41, 5.74) is 0.588. The van der Waals surface area contributed by atoms with Gasteiger partial charge >= 0.3 is 0 Å². The van der Waals surface area contributed by atoms with Crippen molar-refractivity contribution in [2.24, 2.45) is 0 Å². The van der Waals surface area contributed by atoms with E-state index in [2.05, 4.69) is 49.0 Å². The van der Waals surface area contributed by atoms with Crippen LogP contribution in [0.3, 0.4) is 0 Å². The fourth-order valence-corrected chi connectivity index (χ4v) is 4.36. The molecule has 0 saturated carbocycles. The number of benzene rings is 1. The number of thiophene rings is 1. The van der Waals surface area contributed by atoms with Gasteiger partial charge < -0.3 is 10.6 Å². The predicted molar refractivity (Wildman–Crippen MR) is 112 cm³/mol. The van der Waals surface area contributed by atoms with Crippen molar-refractivity contribution in [3.05, 3.63) is 56.7 Å². The maximum absolute atomic E-state index is 12.2. The van der Waals surface area contributed by atoms with Crippen molar-refractivity contribution in [2.45, 2.75) is 25.3 Å². The van der Waals surface area contributed by atoms with Gasteiger partial charge in [0.25, 0.3) is 5.91 Å². The van der Waals surface area contributed by atoms with Gasteiger partial charge in [0.15, 0.2) is 0 Å². The van der Waals surface area contributed by atoms with Crippen molar-refractivity contribution in [2.75, 3.05) is 26.2 Å². The van der Waals surface area contributed by atoms with Gasteiger partial charge in [0.2, 0.25) is 5.91 Å². The van der Waals surface area contributed by atoms with E-state index in [1.54, 1.807) is 23.5 Å². The Bertz CT molecular complexity index is 743. The van der Waals surface area contributed by atoms with Crippen LogP contribution in [0, 0.1) is 0 Å². The van der Waals surface area contributed by atoms with Crippen molar-refractivity contribution >= 4 is 39.1 Å². The van der Waals surface area contributed by atoms with Gasteiger partial charge in [-0.15, -0.1) is 11.3 Å². The van der Waals surface area contributed by atoms with E-state index in [0.717, 1.165) is 17.6 Å². The number of likely N-dealkylation sites (tertiary alicyclic amines) is 1. The minimum atomic E-state index is -0.163. The number of nitrogens with zero attached hydrogens (tertiary/aromatic N) is 1. The van der Waals surface area contributed by atoms with Crippen molar-refractivity contribution in [3.8, 4) is 0 Å². The molecule has 2 heterocycles. The largest absolute Gasteiger partial charge is 0.354 e. The van der Waals surface area contributed by atoms with Gasteiger partial charge in [0.1, 0.15) is 0 Å². The maximum atomic E-state index is 12.2. The van der Waals surface area contributed by atoms with Crippen LogP contribution < -0.4 is 10.6 Å². The molecule has 3 rings (SSSR count). The zero-order valence-electron chi connectivity index (χ0n) is 15.1. The van der Waals surface area contributed by atoms with E-state index in [4.69, 9.17) is 0 Å². The van der Waals surface area contributed by atoms with Gasteiger partial charge in [0.05, 0.1) is 6.04 Å². The Morgan fingerprint density at radius 2 is 1.85 bits per heavy atom. The van der Waals surface area contributed by atoms with Crippen LogP contribution in [0.5, 0.6) is 0 Å². The fraction of sp³-hybridized carbons (Fsp3) is 0.400. The molecule has 1 fully saturated rings. The van der Waals surface area contributed by atoms with Crippen LogP contribution in [0.2, 0.25) is 0 Å². The molecule has 0 unspecified atom stereocenters. The van der Waals surface area contributed by atoms with Gasteiger partial charge in [0, 0.05) is 34.4 Å². The highest BCUT2D eigenvalue weighted by Crippen LogP contribution is 2.27. The summed E-state index contributed by atoms with van der Waals surface area (Å²) in [6, 6.07) is 11.6. The van der Waals surface area contributed by atoms with Crippen molar-refractivity contribution in [1.29, 1.82) is 0 Å². The molecule has 1 aromatic heterocycles. The molecule has 2 N–H and O–H groups in total. The fourth-order valence-electron chi connectivity index (χ4n) is 3.24. The first kappa shape index (κ1) is 20.0. The SMILES string of the molecule is O=C(CCNC(=O)c1ccc(Br)cc1)NC[C@H](c1cccs1)N1CCCC1. The average molecular weight is 450 g/mol. The highest BCUT2D eigenvalue weighted by molar-refractivity contribution is 9.10. The molecule has 0 aliphatic carbocycles. The Labute approximate surface area is 172 Å². The highest BCUT2D eigenvalue weighted by Gasteiger charge is 2.24. The number of hydrogen-bond acceptors (Lipinski definition) is 4. The lowest BCUT2D eigenvalue weighted by atomic mass is 10.2. The number of halogens is 1. The first-order valence-corrected chi connectivity index (χ1v) is 10.9. The van der Waals surface area contributed by atoms with Crippen LogP contribution in [0.1, 0.15) is 40.5 Å². The molecule has 0 bridgehead atoms. The lowest BCUT2D eigenvalue weighted by molar-refractivity contribution is -0.121. The predicted octanol–water partition coefficient (Wildman–Crippen LogP) is 3.58. The molecule has 0 spiro atoms. The summed E-state index contributed by atoms with van der Waals surface area (Å²) in [7, 11) is 0. The molecule has 1 aliphatic rings. The zero-order valence-corrected chi connectivity index (χ0v) is 17.5. The Kier molecular flexibility index (Phi) is 7.43. The molecule has 1 aromatic carbocycles. The van der Waals surface area contributed by atoms with Crippen LogP contribution in [-0.4, -0.2) is 42.9 Å². The Hall–Kier alpha value is -1.70. The molecule has 1 saturated heterocycles. The number of amides is 2. The van der Waals surface area contributed by atoms with Crippen LogP contribution in [0.15, 0.2) is 46.3 Å². The summed E-state index contributed by atoms with van der Waals surface area (Å²) in [5, 5.41) is 7.91. The first-order valence-electron chi connectivity index (χ1n) is 9.21. The number of rotatable bonds is 8. The molecular weight excluding hydrogens is 426 g/mol. The highest BCUT2D eigenvalue weighted by atomic mass is 79.9. The van der Waals surface area contributed by atoms with Gasteiger partial charge in [-0.05, 0) is 61.6 Å². The summed E-state index contributed by atoms with van der Waals surface area (Å²) >= 11 is 5.08. The molecule has 1 atom stereocenters. The number of carbonyl (C=O) groups is 2. The van der Waals surface area contributed by atoms with E-state index < -0.39 is 0 Å². The quantitative estimate of drug-likeness (QED) is 0.647. The van der Waals surface area contributed by atoms with Crippen LogP contribution in [-0.2, 0) is 4.79 Å². The monoisotopic (exact) mass is 449 g/mol. The Balaban J connectivity index is 1.43. The van der Waals surface area contributed by atoms with E-state index in [9.17, 15) is 9.59 Å². The molecule has 7 heteroatoms. The molecule has 2 amide bonds. The summed E-state index contributed by atoms with van der Waals surface area (Å²) in [6.45, 7) is 3.11. The summed E-state index contributed by atoms with van der Waals surface area (Å²) < 4.78 is 0.928. The Morgan fingerprint density at radius 1 is 1.11 bits per heavy atom. The number of carbonyl (C=O) groups excluding carboxylic acids is 2. The van der Waals surface area contributed by atoms with E-state index in [-0.39, 0.29) is 24.3 Å². The zero-order chi connectivity index (χ0) is 19.1. The smallest absolute Gasteiger partial charge is 0.251 e. The molecule has 2 aromatic rings. The van der Waals surface area contributed by atoms with Gasteiger partial charge in [-0.1, -0.05) is 22.0 Å². The van der Waals surface area contributed by atoms with Gasteiger partial charge in [-0.25, -0.2) is 0 Å². The number of nitrogens with one attached hydrogen (secondary N) is 2.